The third-order valence-corrected chi connectivity index (χ3v) is 3.48. The maximum Gasteiger partial charge on any atom is 0.256 e. The van der Waals surface area contributed by atoms with E-state index in [1.54, 1.807) is 18.2 Å². The molecule has 0 aliphatic rings. The molecule has 2 nitrogen and oxygen atoms in total. The van der Waals surface area contributed by atoms with Crippen LogP contribution in [0.3, 0.4) is 0 Å². The number of thiol groups is 1. The van der Waals surface area contributed by atoms with E-state index in [-0.39, 0.29) is 10.7 Å². The summed E-state index contributed by atoms with van der Waals surface area (Å²) < 4.78 is 14.4. The van der Waals surface area contributed by atoms with Gasteiger partial charge in [-0.25, -0.2) is 4.39 Å². The number of hydrogen-bond acceptors (Lipinski definition) is 2. The molecule has 0 fully saturated rings. The molecule has 0 saturated heterocycles. The highest BCUT2D eigenvalue weighted by molar-refractivity contribution is 9.10. The molecule has 2 aromatic carbocycles. The largest absolute Gasteiger partial charge is 0.319 e. The van der Waals surface area contributed by atoms with Gasteiger partial charge in [0, 0.05) is 14.4 Å². The number of nitrogens with one attached hydrogen (secondary N) is 1. The van der Waals surface area contributed by atoms with Crippen LogP contribution in [0.15, 0.2) is 45.8 Å². The van der Waals surface area contributed by atoms with E-state index in [2.05, 4.69) is 33.9 Å². The van der Waals surface area contributed by atoms with Crippen molar-refractivity contribution in [2.75, 3.05) is 5.32 Å². The Morgan fingerprint density at radius 1 is 1.26 bits per heavy atom. The van der Waals surface area contributed by atoms with E-state index in [0.717, 1.165) is 10.5 Å². The van der Waals surface area contributed by atoms with Crippen molar-refractivity contribution in [3.63, 3.8) is 0 Å². The van der Waals surface area contributed by atoms with E-state index in [1.165, 1.54) is 12.1 Å². The Balaban J connectivity index is 2.25. The van der Waals surface area contributed by atoms with Crippen molar-refractivity contribution < 1.29 is 9.18 Å². The second-order valence-electron chi connectivity index (χ2n) is 3.74. The van der Waals surface area contributed by atoms with Crippen LogP contribution in [0.4, 0.5) is 10.1 Å². The van der Waals surface area contributed by atoms with Crippen molar-refractivity contribution in [2.45, 2.75) is 4.90 Å². The van der Waals surface area contributed by atoms with E-state index in [1.807, 2.05) is 0 Å². The Bertz CT molecular complexity index is 651. The first-order chi connectivity index (χ1) is 8.97. The average Bonchev–Trinajstić information content (AvgIpc) is 2.32. The zero-order chi connectivity index (χ0) is 14.0. The normalized spacial score (nSPS) is 10.3. The lowest BCUT2D eigenvalue weighted by Crippen LogP contribution is -2.13. The molecule has 0 spiro atoms. The highest BCUT2D eigenvalue weighted by atomic mass is 79.9. The summed E-state index contributed by atoms with van der Waals surface area (Å²) in [6.45, 7) is 0. The molecule has 0 atom stereocenters. The summed E-state index contributed by atoms with van der Waals surface area (Å²) in [5, 5.41) is 2.75. The van der Waals surface area contributed by atoms with Crippen molar-refractivity contribution in [2.24, 2.45) is 0 Å². The first-order valence-electron chi connectivity index (χ1n) is 5.22. The van der Waals surface area contributed by atoms with Crippen LogP contribution in [0.2, 0.25) is 5.02 Å². The number of halogens is 3. The Morgan fingerprint density at radius 3 is 2.63 bits per heavy atom. The highest BCUT2D eigenvalue weighted by Crippen LogP contribution is 2.23. The van der Waals surface area contributed by atoms with Crippen LogP contribution in [0.25, 0.3) is 0 Å². The molecule has 0 aliphatic carbocycles. The van der Waals surface area contributed by atoms with Gasteiger partial charge in [-0.3, -0.25) is 4.79 Å². The van der Waals surface area contributed by atoms with Crippen molar-refractivity contribution in [3.05, 3.63) is 57.3 Å². The van der Waals surface area contributed by atoms with E-state index >= 15 is 0 Å². The Kier molecular flexibility index (Phi) is 4.50. The fraction of sp³-hybridized carbons (Fsp3) is 0. The van der Waals surface area contributed by atoms with Crippen molar-refractivity contribution >= 4 is 51.8 Å². The minimum atomic E-state index is -0.585. The van der Waals surface area contributed by atoms with Gasteiger partial charge in [-0.05, 0) is 36.4 Å². The summed E-state index contributed by atoms with van der Waals surface area (Å²) in [7, 11) is 0. The van der Waals surface area contributed by atoms with Gasteiger partial charge in [0.15, 0.2) is 0 Å². The summed E-state index contributed by atoms with van der Waals surface area (Å²) in [6, 6.07) is 9.06. The summed E-state index contributed by atoms with van der Waals surface area (Å²) in [6.07, 6.45) is 0. The van der Waals surface area contributed by atoms with Gasteiger partial charge >= 0.3 is 0 Å². The van der Waals surface area contributed by atoms with Gasteiger partial charge < -0.3 is 5.32 Å². The Morgan fingerprint density at radius 2 is 2.00 bits per heavy atom. The number of rotatable bonds is 2. The molecule has 2 rings (SSSR count). The van der Waals surface area contributed by atoms with E-state index < -0.39 is 11.7 Å². The Labute approximate surface area is 128 Å². The predicted octanol–water partition coefficient (Wildman–Crippen LogP) is 4.78. The quantitative estimate of drug-likeness (QED) is 0.741. The summed E-state index contributed by atoms with van der Waals surface area (Å²) in [5.74, 6) is -1.02. The lowest BCUT2D eigenvalue weighted by molar-refractivity contribution is 0.102. The van der Waals surface area contributed by atoms with Crippen LogP contribution in [-0.2, 0) is 0 Å². The van der Waals surface area contributed by atoms with Crippen LogP contribution in [0.1, 0.15) is 10.4 Å². The fourth-order valence-corrected chi connectivity index (χ4v) is 2.49. The van der Waals surface area contributed by atoms with Gasteiger partial charge in [0.25, 0.3) is 5.91 Å². The molecule has 6 heteroatoms. The van der Waals surface area contributed by atoms with Crippen LogP contribution < -0.4 is 5.32 Å². The number of benzene rings is 2. The number of carbonyl (C=O) groups is 1. The van der Waals surface area contributed by atoms with Crippen LogP contribution in [0.5, 0.6) is 0 Å². The molecule has 0 radical (unpaired) electrons. The second kappa shape index (κ2) is 5.94. The van der Waals surface area contributed by atoms with Crippen molar-refractivity contribution in [1.82, 2.24) is 0 Å². The summed E-state index contributed by atoms with van der Waals surface area (Å²) in [4.78, 5) is 12.5. The number of amides is 1. The smallest absolute Gasteiger partial charge is 0.256 e. The second-order valence-corrected chi connectivity index (χ2v) is 5.57. The standard InChI is InChI=1S/C13H8BrClFNOS/c14-7-1-3-9(12(19)5-7)13(18)17-11-4-2-8(15)6-10(11)16/h1-6,19H,(H,17,18). The van der Waals surface area contributed by atoms with Gasteiger partial charge in [0.1, 0.15) is 5.82 Å². The van der Waals surface area contributed by atoms with Crippen LogP contribution in [-0.4, -0.2) is 5.91 Å². The van der Waals surface area contributed by atoms with Crippen molar-refractivity contribution in [3.8, 4) is 0 Å². The molecule has 1 N–H and O–H groups in total. The molecule has 0 saturated carbocycles. The molecule has 1 amide bonds. The van der Waals surface area contributed by atoms with Gasteiger partial charge in [-0.15, -0.1) is 12.6 Å². The van der Waals surface area contributed by atoms with Gasteiger partial charge in [-0.1, -0.05) is 27.5 Å². The maximum atomic E-state index is 13.6. The third-order valence-electron chi connectivity index (χ3n) is 2.38. The van der Waals surface area contributed by atoms with E-state index in [9.17, 15) is 9.18 Å². The zero-order valence-electron chi connectivity index (χ0n) is 9.45. The lowest BCUT2D eigenvalue weighted by atomic mass is 10.2. The first kappa shape index (κ1) is 14.4. The number of hydrogen-bond donors (Lipinski definition) is 2. The predicted molar refractivity (Wildman–Crippen MR) is 80.8 cm³/mol. The first-order valence-corrected chi connectivity index (χ1v) is 6.84. The molecule has 0 heterocycles. The number of carbonyl (C=O) groups excluding carboxylic acids is 1. The number of anilines is 1. The van der Waals surface area contributed by atoms with Gasteiger partial charge in [-0.2, -0.15) is 0 Å². The molecule has 0 aromatic heterocycles. The summed E-state index contributed by atoms with van der Waals surface area (Å²) in [5.41, 5.74) is 0.436. The lowest BCUT2D eigenvalue weighted by Gasteiger charge is -2.08. The monoisotopic (exact) mass is 359 g/mol. The maximum absolute atomic E-state index is 13.6. The molecular weight excluding hydrogens is 353 g/mol. The third kappa shape index (κ3) is 3.49. The minimum absolute atomic E-state index is 0.0741. The van der Waals surface area contributed by atoms with Crippen LogP contribution >= 0.6 is 40.2 Å². The minimum Gasteiger partial charge on any atom is -0.319 e. The molecule has 0 unspecified atom stereocenters. The van der Waals surface area contributed by atoms with Crippen molar-refractivity contribution in [1.29, 1.82) is 0 Å². The highest BCUT2D eigenvalue weighted by Gasteiger charge is 2.12. The topological polar surface area (TPSA) is 29.1 Å². The molecule has 0 bridgehead atoms. The van der Waals surface area contributed by atoms with E-state index in [0.29, 0.717) is 10.5 Å². The summed E-state index contributed by atoms with van der Waals surface area (Å²) >= 11 is 13.1. The Hall–Kier alpha value is -1.04. The van der Waals surface area contributed by atoms with E-state index in [4.69, 9.17) is 11.6 Å². The average molecular weight is 361 g/mol. The fourth-order valence-electron chi connectivity index (χ4n) is 1.48. The van der Waals surface area contributed by atoms with Crippen LogP contribution in [0, 0.1) is 5.82 Å². The molecule has 2 aromatic rings. The molecule has 0 aliphatic heterocycles. The SMILES string of the molecule is O=C(Nc1ccc(Cl)cc1F)c1ccc(Br)cc1S. The molecule has 98 valence electrons. The molecular formula is C13H8BrClFNOS. The molecule has 19 heavy (non-hydrogen) atoms. The van der Waals surface area contributed by atoms with Gasteiger partial charge in [0.2, 0.25) is 0 Å². The zero-order valence-corrected chi connectivity index (χ0v) is 12.7. The van der Waals surface area contributed by atoms with Gasteiger partial charge in [0.05, 0.1) is 11.3 Å².